The van der Waals surface area contributed by atoms with Crippen LogP contribution in [0, 0.1) is 11.8 Å². The number of H-pyrrole nitrogens is 2. The molecule has 3 N–H and O–H groups in total. The van der Waals surface area contributed by atoms with E-state index in [2.05, 4.69) is 73.7 Å². The summed E-state index contributed by atoms with van der Waals surface area (Å²) in [7, 11) is 2.68. The number of methoxy groups -OCH3 is 1. The van der Waals surface area contributed by atoms with Crippen LogP contribution in [0.5, 0.6) is 0 Å². The molecule has 0 aliphatic carbocycles. The van der Waals surface area contributed by atoms with Crippen LogP contribution in [0.15, 0.2) is 65.8 Å². The van der Waals surface area contributed by atoms with Gasteiger partial charge >= 0.3 is 6.09 Å². The summed E-state index contributed by atoms with van der Waals surface area (Å²) in [6, 6.07) is 17.4. The van der Waals surface area contributed by atoms with Crippen molar-refractivity contribution in [2.75, 3.05) is 38.9 Å². The highest BCUT2D eigenvalue weighted by Gasteiger charge is 2.37. The smallest absolute Gasteiger partial charge is 0.407 e. The Labute approximate surface area is 364 Å². The van der Waals surface area contributed by atoms with E-state index in [1.807, 2.05) is 49.9 Å². The number of carbonyl (C=O) groups excluding carboxylic acids is 3. The largest absolute Gasteiger partial charge is 0.453 e. The van der Waals surface area contributed by atoms with Crippen LogP contribution in [0.25, 0.3) is 44.2 Å². The van der Waals surface area contributed by atoms with Crippen LogP contribution in [0.1, 0.15) is 58.8 Å². The SMILES string of the molecule is COOC=N[C@H](C(=O)N1CCC[C@H]1c1ncc(-c2ccc3cc(-c4ccc5nc(N6CCCN6C(=O)[C@@H](NC(=O)OC)C(C)C)[nH]c5c4)ccc3c2)[nH]1)C(C)C.S.S.S. The molecular formula is C41H55N9O6S3. The van der Waals surface area contributed by atoms with E-state index in [0.717, 1.165) is 69.3 Å². The summed E-state index contributed by atoms with van der Waals surface area (Å²) >= 11 is 0. The Morgan fingerprint density at radius 1 is 0.847 bits per heavy atom. The van der Waals surface area contributed by atoms with E-state index in [1.54, 1.807) is 5.01 Å². The fourth-order valence-electron chi connectivity index (χ4n) is 7.60. The van der Waals surface area contributed by atoms with Gasteiger partial charge in [-0.15, -0.1) is 0 Å². The minimum absolute atomic E-state index is 0. The lowest BCUT2D eigenvalue weighted by atomic mass is 9.99. The first kappa shape index (κ1) is 46.8. The van der Waals surface area contributed by atoms with Gasteiger partial charge in [0.2, 0.25) is 18.3 Å². The lowest BCUT2D eigenvalue weighted by Crippen LogP contribution is -2.54. The molecule has 18 heteroatoms. The maximum atomic E-state index is 13.6. The van der Waals surface area contributed by atoms with Gasteiger partial charge in [0.05, 0.1) is 43.2 Å². The lowest BCUT2D eigenvalue weighted by molar-refractivity contribution is -0.188. The van der Waals surface area contributed by atoms with Crippen molar-refractivity contribution in [2.24, 2.45) is 16.8 Å². The van der Waals surface area contributed by atoms with Gasteiger partial charge in [-0.2, -0.15) is 45.4 Å². The Morgan fingerprint density at radius 3 is 2.24 bits per heavy atom. The minimum Gasteiger partial charge on any atom is -0.453 e. The quantitative estimate of drug-likeness (QED) is 0.0532. The number of carbonyl (C=O) groups is 3. The number of hydrazine groups is 1. The van der Waals surface area contributed by atoms with Crippen LogP contribution in [0.3, 0.4) is 0 Å². The fraction of sp³-hybridized carbons (Fsp3) is 0.415. The number of alkyl carbamates (subject to hydrolysis) is 1. The second-order valence-corrected chi connectivity index (χ2v) is 14.9. The van der Waals surface area contributed by atoms with Crippen molar-refractivity contribution in [3.05, 3.63) is 66.6 Å². The highest BCUT2D eigenvalue weighted by molar-refractivity contribution is 7.59. The van der Waals surface area contributed by atoms with Crippen LogP contribution in [-0.2, 0) is 24.1 Å². The number of nitrogens with zero attached hydrogens (tertiary/aromatic N) is 6. The third kappa shape index (κ3) is 9.94. The zero-order valence-corrected chi connectivity index (χ0v) is 37.1. The summed E-state index contributed by atoms with van der Waals surface area (Å²) in [6.07, 6.45) is 4.86. The van der Waals surface area contributed by atoms with Crippen molar-refractivity contribution in [1.82, 2.24) is 35.2 Å². The van der Waals surface area contributed by atoms with E-state index >= 15 is 0 Å². The zero-order valence-electron chi connectivity index (χ0n) is 34.1. The van der Waals surface area contributed by atoms with Crippen LogP contribution in [0.2, 0.25) is 0 Å². The van der Waals surface area contributed by atoms with Gasteiger partial charge in [-0.25, -0.2) is 24.8 Å². The first-order chi connectivity index (χ1) is 27.1. The van der Waals surface area contributed by atoms with Crippen molar-refractivity contribution in [3.8, 4) is 22.4 Å². The molecule has 3 aromatic carbocycles. The highest BCUT2D eigenvalue weighted by Crippen LogP contribution is 2.35. The van der Waals surface area contributed by atoms with Gasteiger partial charge < -0.3 is 29.8 Å². The molecule has 2 saturated heterocycles. The fourth-order valence-corrected chi connectivity index (χ4v) is 7.60. The summed E-state index contributed by atoms with van der Waals surface area (Å²) in [4.78, 5) is 71.3. The summed E-state index contributed by atoms with van der Waals surface area (Å²) in [5, 5.41) is 8.37. The van der Waals surface area contributed by atoms with Crippen LogP contribution < -0.4 is 10.3 Å². The molecule has 15 nitrogen and oxygen atoms in total. The number of aromatic nitrogens is 4. The molecule has 0 radical (unpaired) electrons. The average Bonchev–Trinajstić information content (AvgIpc) is 4.03. The van der Waals surface area contributed by atoms with Gasteiger partial charge in [-0.3, -0.25) is 14.6 Å². The van der Waals surface area contributed by atoms with E-state index < -0.39 is 18.2 Å². The minimum atomic E-state index is -0.730. The zero-order chi connectivity index (χ0) is 39.5. The van der Waals surface area contributed by atoms with Gasteiger partial charge in [0.1, 0.15) is 17.9 Å². The van der Waals surface area contributed by atoms with Gasteiger partial charge in [0.15, 0.2) is 0 Å². The van der Waals surface area contributed by atoms with E-state index in [-0.39, 0.29) is 70.2 Å². The summed E-state index contributed by atoms with van der Waals surface area (Å²) < 4.78 is 4.76. The molecule has 3 atom stereocenters. The molecule has 0 saturated carbocycles. The first-order valence-electron chi connectivity index (χ1n) is 19.1. The Balaban J connectivity index is 0.00000256. The number of aromatic amines is 2. The molecule has 0 spiro atoms. The summed E-state index contributed by atoms with van der Waals surface area (Å²) in [6.45, 7) is 9.49. The van der Waals surface area contributed by atoms with Gasteiger partial charge in [-0.05, 0) is 77.3 Å². The first-order valence-corrected chi connectivity index (χ1v) is 19.1. The number of nitrogens with one attached hydrogen (secondary N) is 3. The molecule has 0 bridgehead atoms. The number of anilines is 1. The molecule has 59 heavy (non-hydrogen) atoms. The maximum absolute atomic E-state index is 13.6. The van der Waals surface area contributed by atoms with E-state index in [1.165, 1.54) is 20.6 Å². The van der Waals surface area contributed by atoms with Crippen molar-refractivity contribution in [1.29, 1.82) is 0 Å². The van der Waals surface area contributed by atoms with E-state index in [0.29, 0.717) is 25.6 Å². The predicted octanol–water partition coefficient (Wildman–Crippen LogP) is 6.74. The van der Waals surface area contributed by atoms with Gasteiger partial charge in [-0.1, -0.05) is 58.0 Å². The number of fused-ring (bicyclic) bond motifs is 2. The number of rotatable bonds is 12. The van der Waals surface area contributed by atoms with Crippen molar-refractivity contribution in [3.63, 3.8) is 0 Å². The molecule has 7 rings (SSSR count). The number of imidazole rings is 2. The van der Waals surface area contributed by atoms with Crippen molar-refractivity contribution >= 4 is 92.5 Å². The molecule has 2 fully saturated rings. The number of likely N-dealkylation sites (tertiary alicyclic amines) is 1. The number of aliphatic imine (C=N–C) groups is 1. The molecule has 5 aromatic rings. The average molecular weight is 866 g/mol. The topological polar surface area (TPSA) is 170 Å². The molecule has 3 amide bonds. The van der Waals surface area contributed by atoms with Gasteiger partial charge in [0, 0.05) is 25.2 Å². The standard InChI is InChI=1S/C41H49N9O6.3H2S/c1-24(2)35(43-23-56-55-6)38(51)48-16-7-9-34(48)37-42-22-33(44-37)30-13-12-26-19-27(10-11-28(26)20-30)29-14-15-31-32(21-29)46-40(45-31)50-18-8-17-49(50)39(52)36(25(3)4)47-41(53)54-5;;;/h10-15,19-25,34-36H,7-9,16-18H2,1-6H3,(H,42,44)(H,45,46)(H,47,53);3*1H2/t34-,35-,36-;;;/m0.../s1. The monoisotopic (exact) mass is 865 g/mol. The van der Waals surface area contributed by atoms with Crippen molar-refractivity contribution in [2.45, 2.75) is 65.1 Å². The molecule has 2 aliphatic heterocycles. The Morgan fingerprint density at radius 2 is 1.54 bits per heavy atom. The molecule has 0 unspecified atom stereocenters. The summed E-state index contributed by atoms with van der Waals surface area (Å²) in [5.74, 6) is 0.928. The van der Waals surface area contributed by atoms with E-state index in [9.17, 15) is 14.4 Å². The number of benzene rings is 3. The molecule has 318 valence electrons. The lowest BCUT2D eigenvalue weighted by Gasteiger charge is -2.32. The second kappa shape index (κ2) is 20.4. The Bertz CT molecular complexity index is 2260. The molecule has 4 heterocycles. The van der Waals surface area contributed by atoms with E-state index in [4.69, 9.17) is 19.6 Å². The summed E-state index contributed by atoms with van der Waals surface area (Å²) in [5.41, 5.74) is 5.61. The van der Waals surface area contributed by atoms with Crippen LogP contribution >= 0.6 is 40.5 Å². The third-order valence-electron chi connectivity index (χ3n) is 10.6. The molecule has 2 aliphatic rings. The Kier molecular flexibility index (Phi) is 16.2. The normalized spacial score (nSPS) is 16.3. The van der Waals surface area contributed by atoms with Crippen LogP contribution in [0.4, 0.5) is 10.7 Å². The number of ether oxygens (including phenoxy) is 1. The number of hydrogen-bond donors (Lipinski definition) is 3. The molecule has 2 aromatic heterocycles. The Hall–Kier alpha value is -4.91. The second-order valence-electron chi connectivity index (χ2n) is 14.9. The number of hydrogen-bond acceptors (Lipinski definition) is 10. The number of amides is 3. The van der Waals surface area contributed by atoms with Crippen LogP contribution in [-0.4, -0.2) is 100 Å². The molecular weight excluding hydrogens is 811 g/mol. The maximum Gasteiger partial charge on any atom is 0.407 e. The van der Waals surface area contributed by atoms with Gasteiger partial charge in [0.25, 0.3) is 5.91 Å². The highest BCUT2D eigenvalue weighted by atomic mass is 32.1. The van der Waals surface area contributed by atoms with Crippen molar-refractivity contribution < 1.29 is 28.9 Å². The third-order valence-corrected chi connectivity index (χ3v) is 10.6. The predicted molar refractivity (Wildman–Crippen MR) is 245 cm³/mol.